The molecule has 1 aromatic carbocycles. The Labute approximate surface area is 209 Å². The van der Waals surface area contributed by atoms with Crippen LogP contribution in [0.2, 0.25) is 0 Å². The van der Waals surface area contributed by atoms with E-state index in [9.17, 15) is 19.2 Å². The fourth-order valence-corrected chi connectivity index (χ4v) is 3.00. The average molecular weight is 514 g/mol. The molecular formula is C23H35N3O8S. The predicted octanol–water partition coefficient (Wildman–Crippen LogP) is 4.70. The van der Waals surface area contributed by atoms with Gasteiger partial charge in [-0.25, -0.2) is 19.2 Å². The van der Waals surface area contributed by atoms with Crippen LogP contribution >= 0.6 is 11.8 Å². The molecule has 2 amide bonds. The van der Waals surface area contributed by atoms with Crippen LogP contribution in [-0.4, -0.2) is 80.1 Å². The van der Waals surface area contributed by atoms with Crippen molar-refractivity contribution in [2.75, 3.05) is 26.2 Å². The molecule has 35 heavy (non-hydrogen) atoms. The second-order valence-corrected chi connectivity index (χ2v) is 10.7. The van der Waals surface area contributed by atoms with Crippen molar-refractivity contribution in [1.82, 2.24) is 15.1 Å². The zero-order valence-corrected chi connectivity index (χ0v) is 21.8. The Bertz CT molecular complexity index is 858. The van der Waals surface area contributed by atoms with Gasteiger partial charge in [0, 0.05) is 38.3 Å². The molecule has 0 unspecified atom stereocenters. The molecule has 0 atom stereocenters. The summed E-state index contributed by atoms with van der Waals surface area (Å²) in [6, 6.07) is 7.52. The highest BCUT2D eigenvalue weighted by Crippen LogP contribution is 2.16. The summed E-state index contributed by atoms with van der Waals surface area (Å²) in [5.74, 6) is 0.514. The summed E-state index contributed by atoms with van der Waals surface area (Å²) in [6.07, 6.45) is -0.708. The van der Waals surface area contributed by atoms with Crippen molar-refractivity contribution in [3.63, 3.8) is 0 Å². The Kier molecular flexibility index (Phi) is 11.3. The van der Waals surface area contributed by atoms with Crippen LogP contribution in [0.5, 0.6) is 5.75 Å². The first kappa shape index (κ1) is 30.0. The molecule has 196 valence electrons. The van der Waals surface area contributed by atoms with Crippen LogP contribution in [0.3, 0.4) is 0 Å². The second-order valence-electron chi connectivity index (χ2n) is 9.79. The zero-order chi connectivity index (χ0) is 26.8. The van der Waals surface area contributed by atoms with Crippen LogP contribution < -0.4 is 10.1 Å². The van der Waals surface area contributed by atoms with Gasteiger partial charge < -0.3 is 29.9 Å². The van der Waals surface area contributed by atoms with E-state index in [2.05, 4.69) is 10.2 Å². The van der Waals surface area contributed by atoms with E-state index >= 15 is 0 Å². The summed E-state index contributed by atoms with van der Waals surface area (Å²) >= 11 is -0.157. The number of rotatable bonds is 3. The minimum absolute atomic E-state index is 0.157. The lowest BCUT2D eigenvalue weighted by atomic mass is 10.1. The summed E-state index contributed by atoms with van der Waals surface area (Å²) in [6.45, 7) is 15.0. The van der Waals surface area contributed by atoms with Gasteiger partial charge in [0.1, 0.15) is 11.4 Å². The maximum atomic E-state index is 12.1. The van der Waals surface area contributed by atoms with Crippen molar-refractivity contribution in [2.24, 2.45) is 0 Å². The van der Waals surface area contributed by atoms with Crippen LogP contribution in [0.1, 0.15) is 47.1 Å². The summed E-state index contributed by atoms with van der Waals surface area (Å²) in [7, 11) is 0. The number of carbonyl (C=O) groups is 4. The largest absolute Gasteiger partial charge is 0.473 e. The Balaban J connectivity index is 0.000000762. The number of benzene rings is 1. The van der Waals surface area contributed by atoms with Crippen LogP contribution in [0.15, 0.2) is 24.3 Å². The first-order valence-electron chi connectivity index (χ1n) is 11.0. The maximum Gasteiger partial charge on any atom is 0.413 e. The third kappa shape index (κ3) is 14.1. The van der Waals surface area contributed by atoms with Gasteiger partial charge in [-0.3, -0.25) is 4.90 Å². The van der Waals surface area contributed by atoms with E-state index in [1.807, 2.05) is 53.7 Å². The third-order valence-electron chi connectivity index (χ3n) is 4.22. The molecule has 0 aromatic heterocycles. The van der Waals surface area contributed by atoms with Crippen molar-refractivity contribution >= 4 is 34.6 Å². The number of thioether (sulfide) groups is 1. The fraction of sp³-hybridized carbons (Fsp3) is 0.565. The summed E-state index contributed by atoms with van der Waals surface area (Å²) < 4.78 is 10.7. The van der Waals surface area contributed by atoms with Gasteiger partial charge in [-0.1, -0.05) is 12.1 Å². The second kappa shape index (κ2) is 13.2. The van der Waals surface area contributed by atoms with E-state index in [1.165, 1.54) is 0 Å². The number of nitrogens with one attached hydrogen (secondary N) is 1. The van der Waals surface area contributed by atoms with Crippen molar-refractivity contribution in [2.45, 2.75) is 59.2 Å². The van der Waals surface area contributed by atoms with E-state index in [0.717, 1.165) is 25.2 Å². The van der Waals surface area contributed by atoms with E-state index < -0.39 is 22.3 Å². The van der Waals surface area contributed by atoms with Crippen molar-refractivity contribution in [3.8, 4) is 5.75 Å². The molecule has 1 aromatic rings. The lowest BCUT2D eigenvalue weighted by Crippen LogP contribution is -2.49. The normalized spacial score (nSPS) is 14.3. The van der Waals surface area contributed by atoms with Crippen LogP contribution in [0.4, 0.5) is 19.2 Å². The molecule has 0 spiro atoms. The summed E-state index contributed by atoms with van der Waals surface area (Å²) in [5, 5.41) is 15.3. The standard InChI is InChI=1S/C21H33N3O4.C2H2O4S/c1-20(2,3)22-18(25)27-17-9-7-16(8-10-17)15-23-11-13-24(14-12-23)19(26)28-21(4,5)6;3-1(4)7-2(5)6/h7-10H,11-15H2,1-6H3,(H,22,25);(H,3,4)(H,5,6). The molecular weight excluding hydrogens is 478 g/mol. The van der Waals surface area contributed by atoms with Gasteiger partial charge in [-0.2, -0.15) is 0 Å². The third-order valence-corrected chi connectivity index (χ3v) is 4.56. The quantitative estimate of drug-likeness (QED) is 0.520. The van der Waals surface area contributed by atoms with Gasteiger partial charge in [-0.15, -0.1) is 0 Å². The van der Waals surface area contributed by atoms with Crippen molar-refractivity contribution in [3.05, 3.63) is 29.8 Å². The topological polar surface area (TPSA) is 146 Å². The molecule has 0 aliphatic carbocycles. The maximum absolute atomic E-state index is 12.1. The smallest absolute Gasteiger partial charge is 0.413 e. The molecule has 3 N–H and O–H groups in total. The number of piperazine rings is 1. The predicted molar refractivity (Wildman–Crippen MR) is 132 cm³/mol. The number of ether oxygens (including phenoxy) is 2. The van der Waals surface area contributed by atoms with E-state index in [1.54, 1.807) is 17.0 Å². The number of amides is 2. The van der Waals surface area contributed by atoms with E-state index in [-0.39, 0.29) is 23.4 Å². The lowest BCUT2D eigenvalue weighted by Gasteiger charge is -2.35. The van der Waals surface area contributed by atoms with Crippen LogP contribution in [-0.2, 0) is 11.3 Å². The van der Waals surface area contributed by atoms with Gasteiger partial charge in [-0.05, 0) is 59.2 Å². The highest BCUT2D eigenvalue weighted by molar-refractivity contribution is 8.25. The minimum Gasteiger partial charge on any atom is -0.473 e. The van der Waals surface area contributed by atoms with Gasteiger partial charge in [0.25, 0.3) is 0 Å². The molecule has 1 saturated heterocycles. The molecule has 12 heteroatoms. The molecule has 0 radical (unpaired) electrons. The molecule has 2 rings (SSSR count). The molecule has 1 aliphatic heterocycles. The highest BCUT2D eigenvalue weighted by Gasteiger charge is 2.25. The van der Waals surface area contributed by atoms with Gasteiger partial charge in [0.15, 0.2) is 0 Å². The van der Waals surface area contributed by atoms with Crippen molar-refractivity contribution in [1.29, 1.82) is 0 Å². The molecule has 1 fully saturated rings. The Morgan fingerprint density at radius 2 is 1.43 bits per heavy atom. The van der Waals surface area contributed by atoms with E-state index in [0.29, 0.717) is 18.8 Å². The highest BCUT2D eigenvalue weighted by atomic mass is 32.2. The summed E-state index contributed by atoms with van der Waals surface area (Å²) in [4.78, 5) is 46.8. The Morgan fingerprint density at radius 1 is 0.914 bits per heavy atom. The van der Waals surface area contributed by atoms with Gasteiger partial charge in [0.2, 0.25) is 0 Å². The SMILES string of the molecule is CC(C)(C)NC(=O)Oc1ccc(CN2CCN(C(=O)OC(C)(C)C)CC2)cc1.O=C(O)SC(=O)O. The fourth-order valence-electron chi connectivity index (χ4n) is 2.85. The number of carbonyl (C=O) groups excluding carboxylic acids is 2. The first-order valence-corrected chi connectivity index (χ1v) is 11.8. The monoisotopic (exact) mass is 513 g/mol. The zero-order valence-electron chi connectivity index (χ0n) is 21.0. The van der Waals surface area contributed by atoms with Gasteiger partial charge >= 0.3 is 22.8 Å². The number of nitrogens with zero attached hydrogens (tertiary/aromatic N) is 2. The van der Waals surface area contributed by atoms with E-state index in [4.69, 9.17) is 19.7 Å². The first-order chi connectivity index (χ1) is 16.0. The molecule has 0 saturated carbocycles. The summed E-state index contributed by atoms with van der Waals surface area (Å²) in [5.41, 5.74) is 0.328. The molecule has 11 nitrogen and oxygen atoms in total. The van der Waals surface area contributed by atoms with Crippen LogP contribution in [0.25, 0.3) is 0 Å². The number of hydrogen-bond donors (Lipinski definition) is 3. The molecule has 0 bridgehead atoms. The molecule has 1 heterocycles. The average Bonchev–Trinajstić information content (AvgIpc) is 2.66. The Morgan fingerprint density at radius 3 is 1.83 bits per heavy atom. The number of hydrogen-bond acceptors (Lipinski definition) is 8. The Hall–Kier alpha value is -2.99. The van der Waals surface area contributed by atoms with Crippen molar-refractivity contribution < 1.29 is 38.9 Å². The lowest BCUT2D eigenvalue weighted by molar-refractivity contribution is 0.0139. The minimum atomic E-state index is -1.40. The number of carboxylic acid groups (broad SMARTS) is 2. The molecule has 1 aliphatic rings. The van der Waals surface area contributed by atoms with Crippen LogP contribution in [0, 0.1) is 0 Å². The van der Waals surface area contributed by atoms with Gasteiger partial charge in [0.05, 0.1) is 11.8 Å².